The van der Waals surface area contributed by atoms with Crippen molar-refractivity contribution < 1.29 is 8.42 Å². The van der Waals surface area contributed by atoms with E-state index >= 15 is 0 Å². The summed E-state index contributed by atoms with van der Waals surface area (Å²) in [4.78, 5) is 0. The lowest BCUT2D eigenvalue weighted by Crippen LogP contribution is -2.32. The van der Waals surface area contributed by atoms with Gasteiger partial charge in [0.05, 0.1) is 5.25 Å². The Morgan fingerprint density at radius 2 is 1.80 bits per heavy atom. The smallest absolute Gasteiger partial charge is 0.212 e. The fourth-order valence-corrected chi connectivity index (χ4v) is 2.31. The summed E-state index contributed by atoms with van der Waals surface area (Å²) in [5.41, 5.74) is 0. The van der Waals surface area contributed by atoms with Crippen molar-refractivity contribution in [3.63, 3.8) is 0 Å². The zero-order valence-corrected chi connectivity index (χ0v) is 7.48. The van der Waals surface area contributed by atoms with Gasteiger partial charge in [0.25, 0.3) is 0 Å². The van der Waals surface area contributed by atoms with Crippen LogP contribution in [-0.2, 0) is 10.0 Å². The maximum Gasteiger partial charge on any atom is 0.212 e. The molecule has 0 bridgehead atoms. The van der Waals surface area contributed by atoms with Crippen LogP contribution in [0.3, 0.4) is 0 Å². The van der Waals surface area contributed by atoms with Gasteiger partial charge in [0.15, 0.2) is 0 Å². The van der Waals surface area contributed by atoms with Gasteiger partial charge in [-0.1, -0.05) is 20.8 Å². The summed E-state index contributed by atoms with van der Waals surface area (Å²) in [7, 11) is -3.31. The molecule has 0 radical (unpaired) electrons. The minimum absolute atomic E-state index is 0.111. The van der Waals surface area contributed by atoms with Gasteiger partial charge >= 0.3 is 0 Å². The number of rotatable bonds is 3. The highest BCUT2D eigenvalue weighted by molar-refractivity contribution is 7.89. The van der Waals surface area contributed by atoms with Crippen LogP contribution in [0.5, 0.6) is 0 Å². The number of hydrogen-bond acceptors (Lipinski definition) is 2. The highest BCUT2D eigenvalue weighted by atomic mass is 32.2. The molecule has 0 heterocycles. The zero-order chi connectivity index (χ0) is 8.36. The van der Waals surface area contributed by atoms with Crippen LogP contribution in [0.25, 0.3) is 0 Å². The Labute approximate surface area is 62.7 Å². The van der Waals surface area contributed by atoms with E-state index < -0.39 is 10.0 Å². The normalized spacial score (nSPS) is 15.7. The van der Waals surface area contributed by atoms with Gasteiger partial charge < -0.3 is 0 Å². The lowest BCUT2D eigenvalue weighted by molar-refractivity contribution is 0.523. The third-order valence-corrected chi connectivity index (χ3v) is 3.29. The van der Waals surface area contributed by atoms with Crippen molar-refractivity contribution in [1.82, 2.24) is 0 Å². The molecule has 0 aromatic carbocycles. The predicted molar refractivity (Wildman–Crippen MR) is 42.0 cm³/mol. The molecule has 1 atom stereocenters. The molecule has 0 spiro atoms. The summed E-state index contributed by atoms with van der Waals surface area (Å²) in [6, 6.07) is 0. The highest BCUT2D eigenvalue weighted by Gasteiger charge is 2.22. The molecule has 4 heteroatoms. The maximum atomic E-state index is 10.8. The molecule has 62 valence electrons. The molecule has 0 amide bonds. The van der Waals surface area contributed by atoms with Crippen molar-refractivity contribution in [3.05, 3.63) is 0 Å². The van der Waals surface area contributed by atoms with E-state index in [0.29, 0.717) is 6.42 Å². The van der Waals surface area contributed by atoms with Gasteiger partial charge in [0.1, 0.15) is 0 Å². The minimum atomic E-state index is -3.31. The molecule has 0 aliphatic heterocycles. The second-order valence-corrected chi connectivity index (χ2v) is 4.56. The third-order valence-electron chi connectivity index (χ3n) is 1.57. The summed E-state index contributed by atoms with van der Waals surface area (Å²) in [5, 5.41) is 4.58. The first kappa shape index (κ1) is 9.91. The Bertz CT molecular complexity index is 184. The molecule has 0 aromatic rings. The zero-order valence-electron chi connectivity index (χ0n) is 6.66. The molecule has 10 heavy (non-hydrogen) atoms. The van der Waals surface area contributed by atoms with Crippen molar-refractivity contribution in [3.8, 4) is 0 Å². The molecule has 2 N–H and O–H groups in total. The van der Waals surface area contributed by atoms with Gasteiger partial charge in [0, 0.05) is 0 Å². The molecule has 0 saturated heterocycles. The van der Waals surface area contributed by atoms with E-state index in [0.717, 1.165) is 0 Å². The van der Waals surface area contributed by atoms with Gasteiger partial charge in [-0.3, -0.25) is 0 Å². The van der Waals surface area contributed by atoms with Gasteiger partial charge in [-0.05, 0) is 12.3 Å². The number of nitrogens with two attached hydrogens (primary N) is 1. The lowest BCUT2D eigenvalue weighted by Gasteiger charge is -2.15. The number of primary sulfonamides is 1. The predicted octanol–water partition coefficient (Wildman–Crippen LogP) is 0.710. The summed E-state index contributed by atoms with van der Waals surface area (Å²) in [6.07, 6.45) is 0.594. The molecule has 0 unspecified atom stereocenters. The fourth-order valence-electron chi connectivity index (χ4n) is 1.08. The molecular weight excluding hydrogens is 150 g/mol. The van der Waals surface area contributed by atoms with Crippen molar-refractivity contribution in [2.24, 2.45) is 11.1 Å². The van der Waals surface area contributed by atoms with Crippen LogP contribution in [0.4, 0.5) is 0 Å². The van der Waals surface area contributed by atoms with E-state index in [1.165, 1.54) is 0 Å². The van der Waals surface area contributed by atoms with E-state index in [2.05, 4.69) is 0 Å². The Morgan fingerprint density at radius 3 is 1.80 bits per heavy atom. The monoisotopic (exact) mass is 165 g/mol. The Morgan fingerprint density at radius 1 is 1.40 bits per heavy atom. The van der Waals surface area contributed by atoms with Gasteiger partial charge in [-0.25, -0.2) is 13.6 Å². The summed E-state index contributed by atoms with van der Waals surface area (Å²) in [6.45, 7) is 5.55. The van der Waals surface area contributed by atoms with E-state index in [1.54, 1.807) is 0 Å². The second kappa shape index (κ2) is 3.34. The number of hydrogen-bond donors (Lipinski definition) is 1. The molecule has 0 aliphatic carbocycles. The van der Waals surface area contributed by atoms with Crippen molar-refractivity contribution in [2.75, 3.05) is 0 Å². The second-order valence-electron chi connectivity index (χ2n) is 2.78. The highest BCUT2D eigenvalue weighted by Crippen LogP contribution is 2.12. The topological polar surface area (TPSA) is 60.2 Å². The van der Waals surface area contributed by atoms with Gasteiger partial charge in [-0.2, -0.15) is 0 Å². The molecule has 0 saturated carbocycles. The first-order chi connectivity index (χ1) is 4.39. The Balaban J connectivity index is 4.38. The largest absolute Gasteiger partial charge is 0.228 e. The van der Waals surface area contributed by atoms with Crippen LogP contribution in [0.2, 0.25) is 0 Å². The Kier molecular flexibility index (Phi) is 3.31. The van der Waals surface area contributed by atoms with Crippen LogP contribution < -0.4 is 5.14 Å². The first-order valence-corrected chi connectivity index (χ1v) is 5.02. The van der Waals surface area contributed by atoms with Crippen LogP contribution in [0, 0.1) is 5.92 Å². The summed E-state index contributed by atoms with van der Waals surface area (Å²) in [5.74, 6) is 0.111. The summed E-state index contributed by atoms with van der Waals surface area (Å²) < 4.78 is 21.6. The van der Waals surface area contributed by atoms with E-state index in [9.17, 15) is 8.42 Å². The van der Waals surface area contributed by atoms with Gasteiger partial charge in [0.2, 0.25) is 10.0 Å². The lowest BCUT2D eigenvalue weighted by atomic mass is 10.1. The SMILES string of the molecule is CC[C@H](C(C)C)S(N)(=O)=O. The average Bonchev–Trinajstić information content (AvgIpc) is 1.60. The van der Waals surface area contributed by atoms with Gasteiger partial charge in [-0.15, -0.1) is 0 Å². The van der Waals surface area contributed by atoms with E-state index in [1.807, 2.05) is 20.8 Å². The molecule has 3 nitrogen and oxygen atoms in total. The minimum Gasteiger partial charge on any atom is -0.228 e. The van der Waals surface area contributed by atoms with E-state index in [4.69, 9.17) is 5.14 Å². The average molecular weight is 165 g/mol. The van der Waals surface area contributed by atoms with Crippen LogP contribution in [0.1, 0.15) is 27.2 Å². The summed E-state index contributed by atoms with van der Waals surface area (Å²) >= 11 is 0. The standard InChI is InChI=1S/C6H15NO2S/c1-4-6(5(2)3)10(7,8)9/h5-6H,4H2,1-3H3,(H2,7,8,9)/t6-/m1/s1. The Hall–Kier alpha value is -0.0900. The quantitative estimate of drug-likeness (QED) is 0.669. The van der Waals surface area contributed by atoms with Crippen molar-refractivity contribution >= 4 is 10.0 Å². The van der Waals surface area contributed by atoms with Crippen LogP contribution in [0.15, 0.2) is 0 Å². The maximum absolute atomic E-state index is 10.8. The van der Waals surface area contributed by atoms with Crippen LogP contribution in [-0.4, -0.2) is 13.7 Å². The van der Waals surface area contributed by atoms with E-state index in [-0.39, 0.29) is 11.2 Å². The third kappa shape index (κ3) is 2.66. The first-order valence-electron chi connectivity index (χ1n) is 3.41. The van der Waals surface area contributed by atoms with Crippen LogP contribution >= 0.6 is 0 Å². The molecule has 0 fully saturated rings. The van der Waals surface area contributed by atoms with Crippen molar-refractivity contribution in [1.29, 1.82) is 0 Å². The molecular formula is C6H15NO2S. The molecule has 0 aromatic heterocycles. The molecule has 0 rings (SSSR count). The fraction of sp³-hybridized carbons (Fsp3) is 1.00. The molecule has 0 aliphatic rings. The number of sulfonamides is 1. The van der Waals surface area contributed by atoms with Crippen molar-refractivity contribution in [2.45, 2.75) is 32.4 Å².